The smallest absolute Gasteiger partial charge is 0.128 e. The predicted octanol–water partition coefficient (Wildman–Crippen LogP) is 3.54. The number of nitriles is 1. The quantitative estimate of drug-likeness (QED) is 0.926. The normalized spacial score (nSPS) is 19.2. The Balaban J connectivity index is 2.42. The Morgan fingerprint density at radius 1 is 1.53 bits per heavy atom. The van der Waals surface area contributed by atoms with Gasteiger partial charge in [0.2, 0.25) is 0 Å². The summed E-state index contributed by atoms with van der Waals surface area (Å²) in [6, 6.07) is 7.00. The summed E-state index contributed by atoms with van der Waals surface area (Å²) in [4.78, 5) is 0. The van der Waals surface area contributed by atoms with Gasteiger partial charge < -0.3 is 5.32 Å². The predicted molar refractivity (Wildman–Crippen MR) is 67.8 cm³/mol. The summed E-state index contributed by atoms with van der Waals surface area (Å²) >= 11 is 3.35. The Morgan fingerprint density at radius 2 is 2.24 bits per heavy atom. The molecule has 17 heavy (non-hydrogen) atoms. The zero-order chi connectivity index (χ0) is 12.5. The molecule has 1 atom stereocenters. The van der Waals surface area contributed by atoms with E-state index in [0.29, 0.717) is 5.56 Å². The highest BCUT2D eigenvalue weighted by Crippen LogP contribution is 2.50. The lowest BCUT2D eigenvalue weighted by Crippen LogP contribution is -2.41. The first-order valence-electron chi connectivity index (χ1n) is 5.66. The van der Waals surface area contributed by atoms with Gasteiger partial charge in [0.1, 0.15) is 5.82 Å². The van der Waals surface area contributed by atoms with Gasteiger partial charge in [0.15, 0.2) is 0 Å². The van der Waals surface area contributed by atoms with Crippen LogP contribution in [0.1, 0.15) is 30.9 Å². The second-order valence-electron chi connectivity index (χ2n) is 4.51. The number of nitrogens with one attached hydrogen (secondary N) is 1. The summed E-state index contributed by atoms with van der Waals surface area (Å²) in [5, 5.41) is 12.4. The number of hydrogen-bond acceptors (Lipinski definition) is 2. The van der Waals surface area contributed by atoms with Gasteiger partial charge in [0.25, 0.3) is 0 Å². The second kappa shape index (κ2) is 4.75. The Labute approximate surface area is 109 Å². The molecule has 1 aliphatic rings. The van der Waals surface area contributed by atoms with Crippen LogP contribution in [0.4, 0.5) is 4.39 Å². The van der Waals surface area contributed by atoms with Crippen LogP contribution in [0.25, 0.3) is 0 Å². The van der Waals surface area contributed by atoms with E-state index in [4.69, 9.17) is 0 Å². The number of nitrogens with zero attached hydrogens (tertiary/aromatic N) is 1. The van der Waals surface area contributed by atoms with E-state index < -0.39 is 5.41 Å². The molecule has 1 unspecified atom stereocenters. The zero-order valence-corrected chi connectivity index (χ0v) is 11.2. The second-order valence-corrected chi connectivity index (χ2v) is 5.42. The van der Waals surface area contributed by atoms with Crippen molar-refractivity contribution >= 4 is 15.9 Å². The number of halogens is 2. The standard InChI is InChI=1S/C13H14BrFN2/c1-17-12(13(8-16)5-2-6-13)10-7-9(14)3-4-11(10)15/h3-4,7,12,17H,2,5-6H2,1H3. The third-order valence-corrected chi connectivity index (χ3v) is 4.07. The van der Waals surface area contributed by atoms with Gasteiger partial charge in [-0.25, -0.2) is 4.39 Å². The Hall–Kier alpha value is -0.920. The molecule has 0 aromatic heterocycles. The fraction of sp³-hybridized carbons (Fsp3) is 0.462. The van der Waals surface area contributed by atoms with Crippen LogP contribution in [-0.2, 0) is 0 Å². The van der Waals surface area contributed by atoms with Gasteiger partial charge in [-0.2, -0.15) is 5.26 Å². The molecule has 0 bridgehead atoms. The number of rotatable bonds is 3. The van der Waals surface area contributed by atoms with Crippen molar-refractivity contribution in [3.63, 3.8) is 0 Å². The molecule has 2 rings (SSSR count). The van der Waals surface area contributed by atoms with Crippen molar-refractivity contribution in [2.75, 3.05) is 7.05 Å². The minimum atomic E-state index is -0.448. The number of hydrogen-bond donors (Lipinski definition) is 1. The van der Waals surface area contributed by atoms with Gasteiger partial charge >= 0.3 is 0 Å². The summed E-state index contributed by atoms with van der Waals surface area (Å²) in [6.07, 6.45) is 2.71. The third-order valence-electron chi connectivity index (χ3n) is 3.58. The van der Waals surface area contributed by atoms with Crippen molar-refractivity contribution in [1.82, 2.24) is 5.32 Å². The maximum absolute atomic E-state index is 13.9. The fourth-order valence-corrected chi connectivity index (χ4v) is 2.87. The molecule has 2 nitrogen and oxygen atoms in total. The summed E-state index contributed by atoms with van der Waals surface area (Å²) < 4.78 is 14.7. The van der Waals surface area contributed by atoms with Gasteiger partial charge in [-0.15, -0.1) is 0 Å². The lowest BCUT2D eigenvalue weighted by atomic mass is 9.63. The van der Waals surface area contributed by atoms with E-state index in [1.807, 2.05) is 0 Å². The Morgan fingerprint density at radius 3 is 2.71 bits per heavy atom. The average Bonchev–Trinajstić information content (AvgIpc) is 2.27. The van der Waals surface area contributed by atoms with Crippen LogP contribution < -0.4 is 5.32 Å². The van der Waals surface area contributed by atoms with Crippen LogP contribution in [0, 0.1) is 22.6 Å². The van der Waals surface area contributed by atoms with Crippen molar-refractivity contribution in [3.05, 3.63) is 34.1 Å². The van der Waals surface area contributed by atoms with E-state index >= 15 is 0 Å². The monoisotopic (exact) mass is 296 g/mol. The summed E-state index contributed by atoms with van der Waals surface area (Å²) in [5.74, 6) is -0.255. The van der Waals surface area contributed by atoms with E-state index in [0.717, 1.165) is 23.7 Å². The topological polar surface area (TPSA) is 35.8 Å². The van der Waals surface area contributed by atoms with Crippen molar-refractivity contribution in [3.8, 4) is 6.07 Å². The maximum atomic E-state index is 13.9. The van der Waals surface area contributed by atoms with Crippen LogP contribution in [-0.4, -0.2) is 7.05 Å². The van der Waals surface area contributed by atoms with E-state index in [2.05, 4.69) is 27.3 Å². The molecule has 0 amide bonds. The van der Waals surface area contributed by atoms with Crippen LogP contribution in [0.3, 0.4) is 0 Å². The molecule has 0 radical (unpaired) electrons. The molecule has 0 aliphatic heterocycles. The first-order chi connectivity index (χ1) is 8.13. The molecule has 1 aromatic carbocycles. The molecule has 1 aliphatic carbocycles. The van der Waals surface area contributed by atoms with Gasteiger partial charge in [0.05, 0.1) is 17.5 Å². The Kier molecular flexibility index (Phi) is 3.50. The summed E-state index contributed by atoms with van der Waals surface area (Å²) in [6.45, 7) is 0. The van der Waals surface area contributed by atoms with Crippen LogP contribution >= 0.6 is 15.9 Å². The molecular formula is C13H14BrFN2. The van der Waals surface area contributed by atoms with Gasteiger partial charge in [0, 0.05) is 10.0 Å². The molecule has 1 N–H and O–H groups in total. The summed E-state index contributed by atoms with van der Waals surface area (Å²) in [5.41, 5.74) is 0.124. The van der Waals surface area contributed by atoms with Crippen molar-refractivity contribution in [1.29, 1.82) is 5.26 Å². The summed E-state index contributed by atoms with van der Waals surface area (Å²) in [7, 11) is 1.78. The van der Waals surface area contributed by atoms with Crippen molar-refractivity contribution < 1.29 is 4.39 Å². The molecule has 0 spiro atoms. The van der Waals surface area contributed by atoms with Gasteiger partial charge in [-0.05, 0) is 38.1 Å². The molecule has 0 saturated heterocycles. The van der Waals surface area contributed by atoms with Crippen molar-refractivity contribution in [2.45, 2.75) is 25.3 Å². The first-order valence-corrected chi connectivity index (χ1v) is 6.46. The van der Waals surface area contributed by atoms with E-state index in [1.165, 1.54) is 6.07 Å². The Bertz CT molecular complexity index is 463. The molecule has 90 valence electrons. The SMILES string of the molecule is CNC(c1cc(Br)ccc1F)C1(C#N)CCC1. The van der Waals surface area contributed by atoms with Gasteiger partial charge in [-0.3, -0.25) is 0 Å². The minimum absolute atomic E-state index is 0.237. The highest BCUT2D eigenvalue weighted by Gasteiger charge is 2.45. The van der Waals surface area contributed by atoms with E-state index in [-0.39, 0.29) is 11.9 Å². The minimum Gasteiger partial charge on any atom is -0.312 e. The molecule has 0 heterocycles. The van der Waals surface area contributed by atoms with Crippen molar-refractivity contribution in [2.24, 2.45) is 5.41 Å². The van der Waals surface area contributed by atoms with Gasteiger partial charge in [-0.1, -0.05) is 22.4 Å². The third kappa shape index (κ3) is 2.10. The largest absolute Gasteiger partial charge is 0.312 e. The molecule has 1 aromatic rings. The number of benzene rings is 1. The molecule has 1 fully saturated rings. The highest BCUT2D eigenvalue weighted by atomic mass is 79.9. The van der Waals surface area contributed by atoms with E-state index in [9.17, 15) is 9.65 Å². The van der Waals surface area contributed by atoms with E-state index in [1.54, 1.807) is 19.2 Å². The highest BCUT2D eigenvalue weighted by molar-refractivity contribution is 9.10. The zero-order valence-electron chi connectivity index (χ0n) is 9.63. The maximum Gasteiger partial charge on any atom is 0.128 e. The fourth-order valence-electron chi connectivity index (χ4n) is 2.49. The lowest BCUT2D eigenvalue weighted by Gasteiger charge is -2.42. The molecule has 4 heteroatoms. The first kappa shape index (κ1) is 12.5. The molecule has 1 saturated carbocycles. The molecular weight excluding hydrogens is 283 g/mol. The van der Waals surface area contributed by atoms with Crippen LogP contribution in [0.5, 0.6) is 0 Å². The average molecular weight is 297 g/mol. The lowest BCUT2D eigenvalue weighted by molar-refractivity contribution is 0.146. The van der Waals surface area contributed by atoms with Crippen LogP contribution in [0.2, 0.25) is 0 Å². The van der Waals surface area contributed by atoms with Crippen LogP contribution in [0.15, 0.2) is 22.7 Å².